The Labute approximate surface area is 113 Å². The molecule has 1 fully saturated rings. The van der Waals surface area contributed by atoms with Gasteiger partial charge in [-0.05, 0) is 51.4 Å². The highest BCUT2D eigenvalue weighted by Gasteiger charge is 2.18. The molecule has 0 saturated carbocycles. The molecule has 104 valence electrons. The van der Waals surface area contributed by atoms with Crippen molar-refractivity contribution >= 4 is 11.5 Å². The number of nitrogens with zero attached hydrogens (tertiary/aromatic N) is 1. The first kappa shape index (κ1) is 14.0. The van der Waals surface area contributed by atoms with E-state index in [1.165, 1.54) is 25.8 Å². The van der Waals surface area contributed by atoms with Gasteiger partial charge in [0, 0.05) is 18.8 Å². The van der Waals surface area contributed by atoms with Crippen molar-refractivity contribution in [1.82, 2.24) is 4.90 Å². The summed E-state index contributed by atoms with van der Waals surface area (Å²) in [5.74, 6) is -0.124. The van der Waals surface area contributed by atoms with E-state index >= 15 is 0 Å². The Bertz CT molecular complexity index is 461. The van der Waals surface area contributed by atoms with E-state index in [9.17, 15) is 9.18 Å². The molecule has 4 heteroatoms. The predicted octanol–water partition coefficient (Wildman–Crippen LogP) is 2.78. The van der Waals surface area contributed by atoms with Crippen LogP contribution in [0.15, 0.2) is 18.2 Å². The van der Waals surface area contributed by atoms with Crippen LogP contribution >= 0.6 is 0 Å². The molecule has 2 rings (SSSR count). The first-order chi connectivity index (χ1) is 9.08. The Balaban J connectivity index is 2.03. The van der Waals surface area contributed by atoms with Gasteiger partial charge in [-0.1, -0.05) is 6.07 Å². The van der Waals surface area contributed by atoms with Gasteiger partial charge in [-0.25, -0.2) is 4.39 Å². The smallest absolute Gasteiger partial charge is 0.164 e. The molecule has 1 heterocycles. The largest absolute Gasteiger partial charge is 0.384 e. The van der Waals surface area contributed by atoms with Crippen molar-refractivity contribution in [2.24, 2.45) is 5.92 Å². The first-order valence-electron chi connectivity index (χ1n) is 6.80. The molecule has 0 amide bonds. The van der Waals surface area contributed by atoms with Crippen LogP contribution in [0, 0.1) is 11.7 Å². The van der Waals surface area contributed by atoms with Crippen molar-refractivity contribution in [3.63, 3.8) is 0 Å². The molecule has 1 atom stereocenters. The average molecular weight is 264 g/mol. The van der Waals surface area contributed by atoms with E-state index in [-0.39, 0.29) is 11.3 Å². The fraction of sp³-hybridized carbons (Fsp3) is 0.533. The van der Waals surface area contributed by atoms with E-state index in [2.05, 4.69) is 17.3 Å². The van der Waals surface area contributed by atoms with Gasteiger partial charge in [0.1, 0.15) is 5.82 Å². The van der Waals surface area contributed by atoms with Crippen molar-refractivity contribution in [2.45, 2.75) is 19.8 Å². The Hall–Kier alpha value is -1.42. The van der Waals surface area contributed by atoms with Gasteiger partial charge in [0.05, 0.1) is 5.56 Å². The minimum atomic E-state index is -0.446. The molecule has 1 N–H and O–H groups in total. The summed E-state index contributed by atoms with van der Waals surface area (Å²) < 4.78 is 13.7. The molecule has 1 aliphatic heterocycles. The van der Waals surface area contributed by atoms with Crippen molar-refractivity contribution in [3.8, 4) is 0 Å². The minimum Gasteiger partial charge on any atom is -0.384 e. The van der Waals surface area contributed by atoms with Crippen LogP contribution in [-0.4, -0.2) is 37.4 Å². The summed E-state index contributed by atoms with van der Waals surface area (Å²) in [6, 6.07) is 4.74. The van der Waals surface area contributed by atoms with Crippen LogP contribution in [0.25, 0.3) is 0 Å². The van der Waals surface area contributed by atoms with E-state index in [1.807, 2.05) is 0 Å². The monoisotopic (exact) mass is 264 g/mol. The van der Waals surface area contributed by atoms with E-state index < -0.39 is 5.82 Å². The number of halogens is 1. The Morgan fingerprint density at radius 3 is 3.00 bits per heavy atom. The second kappa shape index (κ2) is 6.15. The SMILES string of the molecule is CC(=O)c1c(F)cccc1NCC1CCCN(C)C1. The summed E-state index contributed by atoms with van der Waals surface area (Å²) in [4.78, 5) is 13.8. The zero-order chi connectivity index (χ0) is 13.8. The van der Waals surface area contributed by atoms with Gasteiger partial charge in [0.2, 0.25) is 0 Å². The van der Waals surface area contributed by atoms with Gasteiger partial charge in [-0.15, -0.1) is 0 Å². The summed E-state index contributed by atoms with van der Waals surface area (Å²) in [7, 11) is 2.12. The van der Waals surface area contributed by atoms with Crippen LogP contribution in [0.1, 0.15) is 30.1 Å². The van der Waals surface area contributed by atoms with Crippen LogP contribution < -0.4 is 5.32 Å². The van der Waals surface area contributed by atoms with Crippen molar-refractivity contribution in [1.29, 1.82) is 0 Å². The molecule has 1 aliphatic rings. The van der Waals surface area contributed by atoms with Crippen molar-refractivity contribution in [3.05, 3.63) is 29.6 Å². The number of ketones is 1. The fourth-order valence-corrected chi connectivity index (χ4v) is 2.72. The highest BCUT2D eigenvalue weighted by Crippen LogP contribution is 2.21. The number of piperidine rings is 1. The number of hydrogen-bond acceptors (Lipinski definition) is 3. The molecular weight excluding hydrogens is 243 g/mol. The number of carbonyl (C=O) groups is 1. The molecule has 0 aliphatic carbocycles. The molecule has 19 heavy (non-hydrogen) atoms. The zero-order valence-electron chi connectivity index (χ0n) is 11.6. The number of Topliss-reactive ketones (excluding diaryl/α,β-unsaturated/α-hetero) is 1. The number of nitrogens with one attached hydrogen (secondary N) is 1. The van der Waals surface area contributed by atoms with E-state index in [4.69, 9.17) is 0 Å². The standard InChI is InChI=1S/C15H21FN2O/c1-11(19)15-13(16)6-3-7-14(15)17-9-12-5-4-8-18(2)10-12/h3,6-7,12,17H,4-5,8-10H2,1-2H3. The lowest BCUT2D eigenvalue weighted by Crippen LogP contribution is -2.35. The molecule has 1 aromatic carbocycles. The molecule has 0 radical (unpaired) electrons. The third kappa shape index (κ3) is 3.53. The molecule has 1 saturated heterocycles. The topological polar surface area (TPSA) is 32.3 Å². The highest BCUT2D eigenvalue weighted by molar-refractivity contribution is 5.99. The second-order valence-electron chi connectivity index (χ2n) is 5.37. The van der Waals surface area contributed by atoms with E-state index in [1.54, 1.807) is 12.1 Å². The Kier molecular flexibility index (Phi) is 4.53. The summed E-state index contributed by atoms with van der Waals surface area (Å²) in [6.45, 7) is 4.39. The quantitative estimate of drug-likeness (QED) is 0.849. The molecule has 0 bridgehead atoms. The van der Waals surface area contributed by atoms with E-state index in [0.717, 1.165) is 19.6 Å². The fourth-order valence-electron chi connectivity index (χ4n) is 2.72. The van der Waals surface area contributed by atoms with E-state index in [0.29, 0.717) is 11.6 Å². The molecule has 1 unspecified atom stereocenters. The maximum Gasteiger partial charge on any atom is 0.164 e. The van der Waals surface area contributed by atoms with Gasteiger partial charge in [0.15, 0.2) is 5.78 Å². The molecule has 0 spiro atoms. The maximum absolute atomic E-state index is 13.7. The Morgan fingerprint density at radius 2 is 2.32 bits per heavy atom. The predicted molar refractivity (Wildman–Crippen MR) is 75.1 cm³/mol. The minimum absolute atomic E-state index is 0.173. The Morgan fingerprint density at radius 1 is 1.53 bits per heavy atom. The lowest BCUT2D eigenvalue weighted by molar-refractivity contribution is 0.101. The molecule has 3 nitrogen and oxygen atoms in total. The van der Waals surface area contributed by atoms with Crippen molar-refractivity contribution < 1.29 is 9.18 Å². The van der Waals surface area contributed by atoms with Crippen LogP contribution in [0.3, 0.4) is 0 Å². The summed E-state index contributed by atoms with van der Waals surface area (Å²) in [5.41, 5.74) is 0.785. The van der Waals surface area contributed by atoms with Crippen molar-refractivity contribution in [2.75, 3.05) is 32.0 Å². The number of hydrogen-bond donors (Lipinski definition) is 1. The molecular formula is C15H21FN2O. The summed E-state index contributed by atoms with van der Waals surface area (Å²) >= 11 is 0. The number of rotatable bonds is 4. The van der Waals surface area contributed by atoms with Crippen LogP contribution in [0.5, 0.6) is 0 Å². The van der Waals surface area contributed by atoms with Gasteiger partial charge < -0.3 is 10.2 Å². The average Bonchev–Trinajstić information content (AvgIpc) is 2.36. The number of benzene rings is 1. The number of anilines is 1. The zero-order valence-corrected chi connectivity index (χ0v) is 11.6. The highest BCUT2D eigenvalue weighted by atomic mass is 19.1. The molecule has 1 aromatic rings. The van der Waals surface area contributed by atoms with Gasteiger partial charge in [0.25, 0.3) is 0 Å². The summed E-state index contributed by atoms with van der Waals surface area (Å²) in [5, 5.41) is 3.24. The van der Waals surface area contributed by atoms with Gasteiger partial charge in [-0.2, -0.15) is 0 Å². The lowest BCUT2D eigenvalue weighted by Gasteiger charge is -2.30. The summed E-state index contributed by atoms with van der Waals surface area (Å²) in [6.07, 6.45) is 2.38. The van der Waals surface area contributed by atoms with Gasteiger partial charge >= 0.3 is 0 Å². The van der Waals surface area contributed by atoms with Gasteiger partial charge in [-0.3, -0.25) is 4.79 Å². The second-order valence-corrected chi connectivity index (χ2v) is 5.37. The van der Waals surface area contributed by atoms with Crippen LogP contribution in [-0.2, 0) is 0 Å². The number of carbonyl (C=O) groups excluding carboxylic acids is 1. The lowest BCUT2D eigenvalue weighted by atomic mass is 9.98. The molecule has 0 aromatic heterocycles. The third-order valence-corrected chi connectivity index (χ3v) is 3.67. The maximum atomic E-state index is 13.7. The van der Waals surface area contributed by atoms with Crippen LogP contribution in [0.2, 0.25) is 0 Å². The first-order valence-corrected chi connectivity index (χ1v) is 6.80. The third-order valence-electron chi connectivity index (χ3n) is 3.67. The number of likely N-dealkylation sites (tertiary alicyclic amines) is 1. The van der Waals surface area contributed by atoms with Crippen LogP contribution in [0.4, 0.5) is 10.1 Å². The normalized spacial score (nSPS) is 20.3.